The van der Waals surface area contributed by atoms with Gasteiger partial charge >= 0.3 is 0 Å². The van der Waals surface area contributed by atoms with Crippen molar-refractivity contribution in [2.24, 2.45) is 13.0 Å². The maximum absolute atomic E-state index is 13.8. The van der Waals surface area contributed by atoms with Gasteiger partial charge in [0.15, 0.2) is 0 Å². The average Bonchev–Trinajstić information content (AvgIpc) is 3.11. The first-order chi connectivity index (χ1) is 14.5. The number of carbonyl (C=O) groups excluding carboxylic acids is 1. The lowest BCUT2D eigenvalue weighted by molar-refractivity contribution is -0.131. The Labute approximate surface area is 178 Å². The second kappa shape index (κ2) is 8.60. The largest absolute Gasteiger partial charge is 0.381 e. The molecular weight excluding hydrogens is 374 g/mol. The Bertz CT molecular complexity index is 1000. The predicted octanol–water partition coefficient (Wildman–Crippen LogP) is 4.53. The molecule has 2 heterocycles. The molecule has 30 heavy (non-hydrogen) atoms. The lowest BCUT2D eigenvalue weighted by Gasteiger charge is -2.37. The summed E-state index contributed by atoms with van der Waals surface area (Å²) in [5.74, 6) is 1.42. The van der Waals surface area contributed by atoms with Gasteiger partial charge in [-0.25, -0.2) is 4.98 Å². The number of imidazole rings is 1. The Kier molecular flexibility index (Phi) is 5.91. The molecule has 0 aliphatic carbocycles. The van der Waals surface area contributed by atoms with E-state index in [1.807, 2.05) is 43.4 Å². The van der Waals surface area contributed by atoms with E-state index >= 15 is 0 Å². The number of aromatic nitrogens is 2. The number of aryl methyl sites for hydroxylation is 1. The minimum atomic E-state index is -0.556. The molecule has 4 rings (SSSR count). The molecule has 0 spiro atoms. The first kappa shape index (κ1) is 20.6. The van der Waals surface area contributed by atoms with Crippen LogP contribution in [0.4, 0.5) is 0 Å². The zero-order chi connectivity index (χ0) is 21.1. The normalized spacial score (nSPS) is 17.2. The highest BCUT2D eigenvalue weighted by atomic mass is 16.5. The molecule has 2 aromatic carbocycles. The Balaban J connectivity index is 1.69. The minimum Gasteiger partial charge on any atom is -0.381 e. The van der Waals surface area contributed by atoms with E-state index in [0.29, 0.717) is 32.0 Å². The van der Waals surface area contributed by atoms with E-state index in [4.69, 9.17) is 9.72 Å². The molecule has 1 aliphatic heterocycles. The maximum atomic E-state index is 13.8. The molecule has 3 aromatic rings. The highest BCUT2D eigenvalue weighted by Crippen LogP contribution is 2.36. The molecule has 0 saturated carbocycles. The van der Waals surface area contributed by atoms with E-state index in [1.54, 1.807) is 0 Å². The highest BCUT2D eigenvalue weighted by molar-refractivity contribution is 5.89. The molecule has 0 radical (unpaired) electrons. The summed E-state index contributed by atoms with van der Waals surface area (Å²) in [6.07, 6.45) is 2.23. The monoisotopic (exact) mass is 405 g/mol. The molecule has 1 amide bonds. The summed E-state index contributed by atoms with van der Waals surface area (Å²) in [5.41, 5.74) is 2.56. The van der Waals surface area contributed by atoms with Crippen molar-refractivity contribution >= 4 is 16.9 Å². The molecule has 0 bridgehead atoms. The van der Waals surface area contributed by atoms with Crippen LogP contribution < -0.4 is 5.32 Å². The molecule has 1 atom stereocenters. The van der Waals surface area contributed by atoms with Crippen LogP contribution in [-0.4, -0.2) is 28.7 Å². The highest BCUT2D eigenvalue weighted by Gasteiger charge is 2.42. The van der Waals surface area contributed by atoms with E-state index in [1.165, 1.54) is 0 Å². The fourth-order valence-electron chi connectivity index (χ4n) is 4.60. The van der Waals surface area contributed by atoms with E-state index in [9.17, 15) is 4.79 Å². The van der Waals surface area contributed by atoms with Gasteiger partial charge in [0.05, 0.1) is 22.5 Å². The Hall–Kier alpha value is -2.66. The third-order valence-electron chi connectivity index (χ3n) is 6.25. The second-order valence-electron chi connectivity index (χ2n) is 8.73. The van der Waals surface area contributed by atoms with Crippen molar-refractivity contribution in [3.63, 3.8) is 0 Å². The van der Waals surface area contributed by atoms with Gasteiger partial charge in [0.1, 0.15) is 5.82 Å². The van der Waals surface area contributed by atoms with Crippen molar-refractivity contribution in [2.45, 2.75) is 44.6 Å². The first-order valence-electron chi connectivity index (χ1n) is 10.9. The number of hydrogen-bond donors (Lipinski definition) is 1. The number of fused-ring (bicyclic) bond motifs is 1. The maximum Gasteiger partial charge on any atom is 0.231 e. The SMILES string of the molecule is CC(C)CC(NC(=O)C1(c2ccccc2)CCOCC1)c1nc2ccccc2n1C. The van der Waals surface area contributed by atoms with Crippen LogP contribution in [0.5, 0.6) is 0 Å². The van der Waals surface area contributed by atoms with Crippen molar-refractivity contribution in [3.05, 3.63) is 66.0 Å². The topological polar surface area (TPSA) is 56.1 Å². The van der Waals surface area contributed by atoms with Crippen LogP contribution in [0.15, 0.2) is 54.6 Å². The van der Waals surface area contributed by atoms with Crippen molar-refractivity contribution in [2.75, 3.05) is 13.2 Å². The van der Waals surface area contributed by atoms with Gasteiger partial charge in [-0.3, -0.25) is 4.79 Å². The van der Waals surface area contributed by atoms with Crippen LogP contribution in [0.25, 0.3) is 11.0 Å². The van der Waals surface area contributed by atoms with Gasteiger partial charge in [0, 0.05) is 20.3 Å². The number of nitrogens with zero attached hydrogens (tertiary/aromatic N) is 2. The zero-order valence-electron chi connectivity index (χ0n) is 18.1. The summed E-state index contributed by atoms with van der Waals surface area (Å²) in [6, 6.07) is 18.1. The predicted molar refractivity (Wildman–Crippen MR) is 119 cm³/mol. The van der Waals surface area contributed by atoms with Crippen molar-refractivity contribution < 1.29 is 9.53 Å². The van der Waals surface area contributed by atoms with Crippen LogP contribution in [0.1, 0.15) is 50.5 Å². The number of carbonyl (C=O) groups is 1. The fourth-order valence-corrected chi connectivity index (χ4v) is 4.60. The summed E-state index contributed by atoms with van der Waals surface area (Å²) in [5, 5.41) is 3.40. The number of benzene rings is 2. The van der Waals surface area contributed by atoms with Crippen LogP contribution >= 0.6 is 0 Å². The number of ether oxygens (including phenoxy) is 1. The lowest BCUT2D eigenvalue weighted by atomic mass is 9.73. The Morgan fingerprint density at radius 2 is 1.77 bits per heavy atom. The Morgan fingerprint density at radius 1 is 1.10 bits per heavy atom. The molecule has 1 aliphatic rings. The summed E-state index contributed by atoms with van der Waals surface area (Å²) < 4.78 is 7.73. The van der Waals surface area contributed by atoms with Crippen LogP contribution in [0.3, 0.4) is 0 Å². The quantitative estimate of drug-likeness (QED) is 0.656. The number of hydrogen-bond acceptors (Lipinski definition) is 3. The smallest absolute Gasteiger partial charge is 0.231 e. The fraction of sp³-hybridized carbons (Fsp3) is 0.440. The summed E-state index contributed by atoms with van der Waals surface area (Å²) in [4.78, 5) is 18.7. The van der Waals surface area contributed by atoms with Gasteiger partial charge in [-0.2, -0.15) is 0 Å². The molecule has 1 unspecified atom stereocenters. The van der Waals surface area contributed by atoms with Crippen molar-refractivity contribution in [3.8, 4) is 0 Å². The van der Waals surface area contributed by atoms with Gasteiger partial charge in [-0.1, -0.05) is 56.3 Å². The summed E-state index contributed by atoms with van der Waals surface area (Å²) >= 11 is 0. The van der Waals surface area contributed by atoms with Gasteiger partial charge in [-0.05, 0) is 42.9 Å². The summed E-state index contributed by atoms with van der Waals surface area (Å²) in [6.45, 7) is 5.57. The van der Waals surface area contributed by atoms with Crippen LogP contribution in [0.2, 0.25) is 0 Å². The van der Waals surface area contributed by atoms with Crippen LogP contribution in [-0.2, 0) is 22.0 Å². The van der Waals surface area contributed by atoms with E-state index in [-0.39, 0.29) is 11.9 Å². The van der Waals surface area contributed by atoms with Gasteiger partial charge in [0.2, 0.25) is 5.91 Å². The molecule has 5 nitrogen and oxygen atoms in total. The van der Waals surface area contributed by atoms with Gasteiger partial charge < -0.3 is 14.6 Å². The molecule has 158 valence electrons. The number of nitrogens with one attached hydrogen (secondary N) is 1. The third-order valence-corrected chi connectivity index (χ3v) is 6.25. The molecular formula is C25H31N3O2. The van der Waals surface area contributed by atoms with Crippen molar-refractivity contribution in [1.82, 2.24) is 14.9 Å². The number of para-hydroxylation sites is 2. The van der Waals surface area contributed by atoms with Gasteiger partial charge in [-0.15, -0.1) is 0 Å². The molecule has 1 aromatic heterocycles. The zero-order valence-corrected chi connectivity index (χ0v) is 18.1. The second-order valence-corrected chi connectivity index (χ2v) is 8.73. The van der Waals surface area contributed by atoms with Crippen LogP contribution in [0, 0.1) is 5.92 Å². The average molecular weight is 406 g/mol. The van der Waals surface area contributed by atoms with E-state index in [0.717, 1.165) is 28.8 Å². The minimum absolute atomic E-state index is 0.0784. The summed E-state index contributed by atoms with van der Waals surface area (Å²) in [7, 11) is 2.03. The molecule has 1 saturated heterocycles. The van der Waals surface area contributed by atoms with E-state index in [2.05, 4.69) is 41.9 Å². The lowest BCUT2D eigenvalue weighted by Crippen LogP contribution is -2.49. The molecule has 5 heteroatoms. The third kappa shape index (κ3) is 3.86. The number of amides is 1. The molecule has 1 N–H and O–H groups in total. The van der Waals surface area contributed by atoms with E-state index < -0.39 is 5.41 Å². The van der Waals surface area contributed by atoms with Crippen molar-refractivity contribution in [1.29, 1.82) is 0 Å². The number of rotatable bonds is 6. The van der Waals surface area contributed by atoms with Gasteiger partial charge in [0.25, 0.3) is 0 Å². The molecule has 1 fully saturated rings. The standard InChI is InChI=1S/C25H31N3O2/c1-18(2)17-21(23-26-20-11-7-8-12-22(20)28(23)3)27-24(29)25(13-15-30-16-14-25)19-9-5-4-6-10-19/h4-12,18,21H,13-17H2,1-3H3,(H,27,29). The Morgan fingerprint density at radius 3 is 2.43 bits per heavy atom. The first-order valence-corrected chi connectivity index (χ1v) is 10.9.